The summed E-state index contributed by atoms with van der Waals surface area (Å²) in [5.41, 5.74) is 5.07. The molecule has 3 nitrogen and oxygen atoms in total. The van der Waals surface area contributed by atoms with Crippen molar-refractivity contribution in [2.45, 2.75) is 12.8 Å². The second-order valence-corrected chi connectivity index (χ2v) is 5.22. The molecule has 0 saturated carbocycles. The molecular weight excluding hydrogens is 274 g/mol. The van der Waals surface area contributed by atoms with E-state index in [9.17, 15) is 4.79 Å². The molecule has 0 fully saturated rings. The molecule has 0 atom stereocenters. The predicted octanol–water partition coefficient (Wildman–Crippen LogP) is 3.94. The zero-order chi connectivity index (χ0) is 14.1. The Bertz CT molecular complexity index is 683. The Hall–Kier alpha value is -2.00. The van der Waals surface area contributed by atoms with Crippen LogP contribution in [0.25, 0.3) is 11.6 Å². The van der Waals surface area contributed by atoms with Gasteiger partial charge < -0.3 is 9.72 Å². The number of aromatic amines is 1. The minimum atomic E-state index is -0.328. The van der Waals surface area contributed by atoms with Crippen LogP contribution in [-0.2, 0) is 11.2 Å². The monoisotopic (exact) mass is 287 g/mol. The standard InChI is InChI=1S/C16H14ClNO2/c1-20-16(19)15-9-13-11(4-7-14(13)18-15)8-10-2-5-12(17)6-3-10/h2-3,5-6,8-9,18H,4,7H2,1H3/b11-8-. The van der Waals surface area contributed by atoms with Gasteiger partial charge in [0.05, 0.1) is 7.11 Å². The molecule has 2 aromatic rings. The summed E-state index contributed by atoms with van der Waals surface area (Å²) in [5.74, 6) is -0.328. The van der Waals surface area contributed by atoms with E-state index in [0.717, 1.165) is 34.7 Å². The van der Waals surface area contributed by atoms with E-state index in [0.29, 0.717) is 5.69 Å². The van der Waals surface area contributed by atoms with E-state index in [1.54, 1.807) is 0 Å². The third-order valence-electron chi connectivity index (χ3n) is 3.51. The van der Waals surface area contributed by atoms with Crippen LogP contribution in [0.2, 0.25) is 5.02 Å². The number of carbonyl (C=O) groups is 1. The van der Waals surface area contributed by atoms with Crippen molar-refractivity contribution in [3.63, 3.8) is 0 Å². The number of carbonyl (C=O) groups excluding carboxylic acids is 1. The van der Waals surface area contributed by atoms with Gasteiger partial charge in [-0.05, 0) is 47.7 Å². The van der Waals surface area contributed by atoms with Gasteiger partial charge in [-0.25, -0.2) is 4.79 Å². The molecule has 1 aliphatic rings. The second kappa shape index (κ2) is 5.17. The van der Waals surface area contributed by atoms with E-state index in [4.69, 9.17) is 16.3 Å². The van der Waals surface area contributed by atoms with E-state index >= 15 is 0 Å². The lowest BCUT2D eigenvalue weighted by Gasteiger charge is -1.99. The van der Waals surface area contributed by atoms with Gasteiger partial charge >= 0.3 is 5.97 Å². The number of hydrogen-bond donors (Lipinski definition) is 1. The molecule has 1 aliphatic carbocycles. The summed E-state index contributed by atoms with van der Waals surface area (Å²) >= 11 is 5.89. The average molecular weight is 288 g/mol. The summed E-state index contributed by atoms with van der Waals surface area (Å²) in [6, 6.07) is 9.60. The molecule has 3 rings (SSSR count). The van der Waals surface area contributed by atoms with Crippen molar-refractivity contribution in [1.82, 2.24) is 4.98 Å². The number of rotatable bonds is 2. The Labute approximate surface area is 122 Å². The van der Waals surface area contributed by atoms with Crippen LogP contribution in [-0.4, -0.2) is 18.1 Å². The minimum Gasteiger partial charge on any atom is -0.464 e. The first-order valence-corrected chi connectivity index (χ1v) is 6.82. The first-order chi connectivity index (χ1) is 9.67. The van der Waals surface area contributed by atoms with Gasteiger partial charge in [0.1, 0.15) is 5.69 Å². The highest BCUT2D eigenvalue weighted by Gasteiger charge is 2.21. The molecule has 1 aromatic carbocycles. The molecule has 0 amide bonds. The predicted molar refractivity (Wildman–Crippen MR) is 79.8 cm³/mol. The van der Waals surface area contributed by atoms with Gasteiger partial charge in [0.2, 0.25) is 0 Å². The van der Waals surface area contributed by atoms with Crippen molar-refractivity contribution in [1.29, 1.82) is 0 Å². The summed E-state index contributed by atoms with van der Waals surface area (Å²) in [6.45, 7) is 0. The third-order valence-corrected chi connectivity index (χ3v) is 3.76. The number of hydrogen-bond acceptors (Lipinski definition) is 2. The Morgan fingerprint density at radius 3 is 2.75 bits per heavy atom. The highest BCUT2D eigenvalue weighted by atomic mass is 35.5. The lowest BCUT2D eigenvalue weighted by atomic mass is 10.1. The lowest BCUT2D eigenvalue weighted by Crippen LogP contribution is -2.01. The number of ether oxygens (including phenoxy) is 1. The molecule has 0 spiro atoms. The normalized spacial score (nSPS) is 15.4. The summed E-state index contributed by atoms with van der Waals surface area (Å²) in [7, 11) is 1.39. The number of fused-ring (bicyclic) bond motifs is 1. The Balaban J connectivity index is 1.94. The van der Waals surface area contributed by atoms with Crippen molar-refractivity contribution in [2.24, 2.45) is 0 Å². The summed E-state index contributed by atoms with van der Waals surface area (Å²) in [4.78, 5) is 14.7. The number of nitrogens with one attached hydrogen (secondary N) is 1. The van der Waals surface area contributed by atoms with Gasteiger partial charge in [0.25, 0.3) is 0 Å². The maximum Gasteiger partial charge on any atom is 0.354 e. The highest BCUT2D eigenvalue weighted by molar-refractivity contribution is 6.30. The number of aryl methyl sites for hydroxylation is 1. The van der Waals surface area contributed by atoms with Gasteiger partial charge in [0, 0.05) is 10.7 Å². The molecule has 1 aromatic heterocycles. The smallest absolute Gasteiger partial charge is 0.354 e. The fourth-order valence-corrected chi connectivity index (χ4v) is 2.63. The van der Waals surface area contributed by atoms with Crippen LogP contribution in [0.1, 0.15) is 33.7 Å². The van der Waals surface area contributed by atoms with Crippen LogP contribution in [0.4, 0.5) is 0 Å². The van der Waals surface area contributed by atoms with E-state index in [1.807, 2.05) is 30.3 Å². The number of H-pyrrole nitrogens is 1. The molecular formula is C16H14ClNO2. The largest absolute Gasteiger partial charge is 0.464 e. The topological polar surface area (TPSA) is 42.1 Å². The van der Waals surface area contributed by atoms with Crippen LogP contribution in [0.3, 0.4) is 0 Å². The maximum atomic E-state index is 11.5. The summed E-state index contributed by atoms with van der Waals surface area (Å²) in [5, 5.41) is 0.730. The van der Waals surface area contributed by atoms with Crippen molar-refractivity contribution in [2.75, 3.05) is 7.11 Å². The average Bonchev–Trinajstić information content (AvgIpc) is 3.02. The Morgan fingerprint density at radius 2 is 2.05 bits per heavy atom. The van der Waals surface area contributed by atoms with E-state index in [-0.39, 0.29) is 5.97 Å². The van der Waals surface area contributed by atoms with Crippen molar-refractivity contribution >= 4 is 29.2 Å². The van der Waals surface area contributed by atoms with Crippen LogP contribution in [0, 0.1) is 0 Å². The second-order valence-electron chi connectivity index (χ2n) is 4.79. The fraction of sp³-hybridized carbons (Fsp3) is 0.188. The Kier molecular flexibility index (Phi) is 3.36. The molecule has 20 heavy (non-hydrogen) atoms. The fourth-order valence-electron chi connectivity index (χ4n) is 2.51. The number of halogens is 1. The number of aromatic nitrogens is 1. The molecule has 1 N–H and O–H groups in total. The number of esters is 1. The van der Waals surface area contributed by atoms with Crippen LogP contribution >= 0.6 is 11.6 Å². The maximum absolute atomic E-state index is 11.5. The van der Waals surface area contributed by atoms with Crippen molar-refractivity contribution < 1.29 is 9.53 Å². The molecule has 0 radical (unpaired) electrons. The van der Waals surface area contributed by atoms with Crippen LogP contribution in [0.5, 0.6) is 0 Å². The number of allylic oxidation sites excluding steroid dienone is 1. The number of methoxy groups -OCH3 is 1. The van der Waals surface area contributed by atoms with Crippen molar-refractivity contribution in [3.05, 3.63) is 57.9 Å². The molecule has 1 heterocycles. The third kappa shape index (κ3) is 2.37. The Morgan fingerprint density at radius 1 is 1.30 bits per heavy atom. The molecule has 0 aliphatic heterocycles. The SMILES string of the molecule is COC(=O)c1cc2c([nH]1)CC/C2=C/c1ccc(Cl)cc1. The first-order valence-electron chi connectivity index (χ1n) is 6.44. The van der Waals surface area contributed by atoms with E-state index in [1.165, 1.54) is 12.7 Å². The first kappa shape index (κ1) is 13.0. The zero-order valence-electron chi connectivity index (χ0n) is 11.1. The number of benzene rings is 1. The molecule has 0 bridgehead atoms. The van der Waals surface area contributed by atoms with Crippen LogP contribution in [0.15, 0.2) is 30.3 Å². The van der Waals surface area contributed by atoms with Crippen LogP contribution < -0.4 is 0 Å². The zero-order valence-corrected chi connectivity index (χ0v) is 11.8. The van der Waals surface area contributed by atoms with Gasteiger partial charge in [0.15, 0.2) is 0 Å². The minimum absolute atomic E-state index is 0.328. The van der Waals surface area contributed by atoms with E-state index in [2.05, 4.69) is 11.1 Å². The molecule has 4 heteroatoms. The highest BCUT2D eigenvalue weighted by Crippen LogP contribution is 2.34. The van der Waals surface area contributed by atoms with E-state index < -0.39 is 0 Å². The summed E-state index contributed by atoms with van der Waals surface area (Å²) in [6.07, 6.45) is 4.04. The molecule has 0 saturated heterocycles. The quantitative estimate of drug-likeness (QED) is 0.850. The molecule has 0 unspecified atom stereocenters. The summed E-state index contributed by atoms with van der Waals surface area (Å²) < 4.78 is 4.74. The van der Waals surface area contributed by atoms with Gasteiger partial charge in [-0.2, -0.15) is 0 Å². The van der Waals surface area contributed by atoms with Gasteiger partial charge in [-0.1, -0.05) is 29.8 Å². The lowest BCUT2D eigenvalue weighted by molar-refractivity contribution is 0.0594. The van der Waals surface area contributed by atoms with Gasteiger partial charge in [-0.15, -0.1) is 0 Å². The molecule has 102 valence electrons. The van der Waals surface area contributed by atoms with Gasteiger partial charge in [-0.3, -0.25) is 0 Å². The van der Waals surface area contributed by atoms with Crippen molar-refractivity contribution in [3.8, 4) is 0 Å².